The van der Waals surface area contributed by atoms with Gasteiger partial charge in [0.1, 0.15) is 0 Å². The van der Waals surface area contributed by atoms with Crippen LogP contribution in [0.25, 0.3) is 0 Å². The van der Waals surface area contributed by atoms with E-state index in [1.165, 1.54) is 0 Å². The molecule has 12 heavy (non-hydrogen) atoms. The third-order valence-corrected chi connectivity index (χ3v) is 1.97. The fourth-order valence-electron chi connectivity index (χ4n) is 1.08. The van der Waals surface area contributed by atoms with Crippen molar-refractivity contribution in [3.63, 3.8) is 0 Å². The standard InChI is InChI=1S/C5H9BF3N2O/c7-6(8,9)4-2-11(3-4)5(12)1-10/h4H,1-3,10H2/q-1. The van der Waals surface area contributed by atoms with Gasteiger partial charge in [0.25, 0.3) is 0 Å². The Bertz CT molecular complexity index is 190. The first-order valence-electron chi connectivity index (χ1n) is 3.63. The fourth-order valence-corrected chi connectivity index (χ4v) is 1.08. The van der Waals surface area contributed by atoms with Crippen molar-refractivity contribution in [1.82, 2.24) is 4.90 Å². The normalized spacial score (nSPS) is 19.2. The second-order valence-corrected chi connectivity index (χ2v) is 2.89. The molecule has 1 rings (SSSR count). The molecule has 0 unspecified atom stereocenters. The van der Waals surface area contributed by atoms with Gasteiger partial charge in [0.2, 0.25) is 5.91 Å². The molecule has 0 aromatic heterocycles. The van der Waals surface area contributed by atoms with Gasteiger partial charge in [-0.2, -0.15) is 0 Å². The minimum absolute atomic E-state index is 0.209. The lowest BCUT2D eigenvalue weighted by Crippen LogP contribution is -2.55. The van der Waals surface area contributed by atoms with Crippen LogP contribution in [0.4, 0.5) is 12.9 Å². The molecule has 0 aromatic carbocycles. The van der Waals surface area contributed by atoms with Crippen LogP contribution in [0, 0.1) is 0 Å². The monoisotopic (exact) mass is 181 g/mol. The summed E-state index contributed by atoms with van der Waals surface area (Å²) in [7, 11) is 0. The minimum Gasteiger partial charge on any atom is -0.449 e. The SMILES string of the molecule is NCC(=O)N1CC([B-](F)(F)F)C1. The lowest BCUT2D eigenvalue weighted by atomic mass is 9.68. The lowest BCUT2D eigenvalue weighted by Gasteiger charge is -2.44. The summed E-state index contributed by atoms with van der Waals surface area (Å²) in [6, 6.07) is 0. The van der Waals surface area contributed by atoms with Crippen LogP contribution in [0.2, 0.25) is 5.82 Å². The van der Waals surface area contributed by atoms with Crippen LogP contribution in [0.1, 0.15) is 0 Å². The molecular formula is C5H9BF3N2O-. The van der Waals surface area contributed by atoms with Crippen LogP contribution in [0.5, 0.6) is 0 Å². The van der Waals surface area contributed by atoms with E-state index in [4.69, 9.17) is 5.73 Å². The summed E-state index contributed by atoms with van der Waals surface area (Å²) in [6.45, 7) is -5.40. The van der Waals surface area contributed by atoms with Gasteiger partial charge in [-0.05, 0) is 5.82 Å². The van der Waals surface area contributed by atoms with Gasteiger partial charge in [0.15, 0.2) is 0 Å². The van der Waals surface area contributed by atoms with E-state index in [2.05, 4.69) is 0 Å². The van der Waals surface area contributed by atoms with Crippen LogP contribution >= 0.6 is 0 Å². The molecule has 0 bridgehead atoms. The first-order valence-corrected chi connectivity index (χ1v) is 3.63. The maximum atomic E-state index is 11.9. The number of rotatable bonds is 2. The average Bonchev–Trinajstić information content (AvgIpc) is 1.80. The molecular weight excluding hydrogens is 172 g/mol. The van der Waals surface area contributed by atoms with Crippen molar-refractivity contribution in [1.29, 1.82) is 0 Å². The largest absolute Gasteiger partial charge is 0.484 e. The van der Waals surface area contributed by atoms with Crippen LogP contribution in [0.15, 0.2) is 0 Å². The first kappa shape index (κ1) is 9.37. The second kappa shape index (κ2) is 2.97. The Morgan fingerprint density at radius 3 is 2.33 bits per heavy atom. The summed E-state index contributed by atoms with van der Waals surface area (Å²) < 4.78 is 35.8. The predicted molar refractivity (Wildman–Crippen MR) is 38.5 cm³/mol. The van der Waals surface area contributed by atoms with Crippen molar-refractivity contribution in [2.45, 2.75) is 5.82 Å². The highest BCUT2D eigenvalue weighted by Gasteiger charge is 2.43. The number of likely N-dealkylation sites (tertiary alicyclic amines) is 1. The molecule has 70 valence electrons. The summed E-state index contributed by atoms with van der Waals surface area (Å²) >= 11 is 0. The van der Waals surface area contributed by atoms with Gasteiger partial charge in [0.05, 0.1) is 6.54 Å². The maximum Gasteiger partial charge on any atom is 0.484 e. The fraction of sp³-hybridized carbons (Fsp3) is 0.800. The Hall–Kier alpha value is -0.715. The Balaban J connectivity index is 2.34. The Morgan fingerprint density at radius 1 is 1.50 bits per heavy atom. The highest BCUT2D eigenvalue weighted by molar-refractivity contribution is 6.60. The zero-order valence-electron chi connectivity index (χ0n) is 6.34. The van der Waals surface area contributed by atoms with E-state index in [-0.39, 0.29) is 19.6 Å². The van der Waals surface area contributed by atoms with Gasteiger partial charge in [-0.1, -0.05) is 0 Å². The number of nitrogens with zero attached hydrogens (tertiary/aromatic N) is 1. The molecule has 1 saturated heterocycles. The summed E-state index contributed by atoms with van der Waals surface area (Å²) in [4.78, 5) is 11.8. The topological polar surface area (TPSA) is 46.3 Å². The van der Waals surface area contributed by atoms with Crippen molar-refractivity contribution >= 4 is 12.9 Å². The summed E-state index contributed by atoms with van der Waals surface area (Å²) in [5.74, 6) is -1.70. The third-order valence-electron chi connectivity index (χ3n) is 1.97. The smallest absolute Gasteiger partial charge is 0.449 e. The molecule has 2 N–H and O–H groups in total. The molecule has 1 fully saturated rings. The van der Waals surface area contributed by atoms with E-state index in [0.29, 0.717) is 0 Å². The molecule has 0 aliphatic carbocycles. The van der Waals surface area contributed by atoms with Gasteiger partial charge in [0, 0.05) is 13.1 Å². The quantitative estimate of drug-likeness (QED) is 0.609. The number of amides is 1. The molecule has 3 nitrogen and oxygen atoms in total. The van der Waals surface area contributed by atoms with Gasteiger partial charge in [-0.3, -0.25) is 4.79 Å². The summed E-state index contributed by atoms with van der Waals surface area (Å²) in [5.41, 5.74) is 4.97. The Morgan fingerprint density at radius 2 is 2.00 bits per heavy atom. The average molecular weight is 181 g/mol. The van der Waals surface area contributed by atoms with Gasteiger partial charge in [-0.15, -0.1) is 0 Å². The number of hydrogen-bond acceptors (Lipinski definition) is 2. The van der Waals surface area contributed by atoms with E-state index in [9.17, 15) is 17.7 Å². The van der Waals surface area contributed by atoms with Gasteiger partial charge < -0.3 is 23.6 Å². The lowest BCUT2D eigenvalue weighted by molar-refractivity contribution is -0.133. The van der Waals surface area contributed by atoms with E-state index in [1.54, 1.807) is 0 Å². The zero-order chi connectivity index (χ0) is 9.35. The summed E-state index contributed by atoms with van der Waals surface area (Å²) in [6.07, 6.45) is 0. The van der Waals surface area contributed by atoms with Crippen LogP contribution in [-0.2, 0) is 4.79 Å². The van der Waals surface area contributed by atoms with Crippen molar-refractivity contribution < 1.29 is 17.7 Å². The first-order chi connectivity index (χ1) is 5.45. The molecule has 0 radical (unpaired) electrons. The molecule has 0 atom stereocenters. The number of halogens is 3. The Kier molecular flexibility index (Phi) is 2.32. The number of hydrogen-bond donors (Lipinski definition) is 1. The van der Waals surface area contributed by atoms with Crippen LogP contribution in [-0.4, -0.2) is 37.4 Å². The van der Waals surface area contributed by atoms with E-state index in [1.807, 2.05) is 0 Å². The van der Waals surface area contributed by atoms with Gasteiger partial charge in [-0.25, -0.2) is 0 Å². The maximum absolute atomic E-state index is 11.9. The van der Waals surface area contributed by atoms with E-state index >= 15 is 0 Å². The molecule has 1 heterocycles. The molecule has 0 aromatic rings. The van der Waals surface area contributed by atoms with Crippen molar-refractivity contribution in [2.24, 2.45) is 5.73 Å². The summed E-state index contributed by atoms with van der Waals surface area (Å²) in [5, 5.41) is 0. The minimum atomic E-state index is -4.78. The van der Waals surface area contributed by atoms with Crippen molar-refractivity contribution in [3.05, 3.63) is 0 Å². The second-order valence-electron chi connectivity index (χ2n) is 2.89. The van der Waals surface area contributed by atoms with E-state index in [0.717, 1.165) is 4.90 Å². The Labute approximate surface area is 67.8 Å². The molecule has 1 aliphatic heterocycles. The highest BCUT2D eigenvalue weighted by Crippen LogP contribution is 2.34. The zero-order valence-corrected chi connectivity index (χ0v) is 6.34. The molecule has 7 heteroatoms. The number of carbonyl (C=O) groups excluding carboxylic acids is 1. The van der Waals surface area contributed by atoms with Crippen molar-refractivity contribution in [3.8, 4) is 0 Å². The van der Waals surface area contributed by atoms with Gasteiger partial charge >= 0.3 is 6.98 Å². The third kappa shape index (κ3) is 1.71. The van der Waals surface area contributed by atoms with Crippen LogP contribution in [0.3, 0.4) is 0 Å². The number of carbonyl (C=O) groups is 1. The van der Waals surface area contributed by atoms with Crippen molar-refractivity contribution in [2.75, 3.05) is 19.6 Å². The molecule has 0 spiro atoms. The predicted octanol–water partition coefficient (Wildman–Crippen LogP) is 0.00490. The molecule has 1 amide bonds. The molecule has 1 aliphatic rings. The van der Waals surface area contributed by atoms with E-state index < -0.39 is 18.7 Å². The molecule has 0 saturated carbocycles. The van der Waals surface area contributed by atoms with Crippen LogP contribution < -0.4 is 5.73 Å². The highest BCUT2D eigenvalue weighted by atomic mass is 19.4. The number of nitrogens with two attached hydrogens (primary N) is 1.